The van der Waals surface area contributed by atoms with Crippen LogP contribution in [0.5, 0.6) is 5.75 Å². The van der Waals surface area contributed by atoms with Crippen molar-refractivity contribution in [3.8, 4) is 5.75 Å². The first-order valence-electron chi connectivity index (χ1n) is 7.67. The second-order valence-corrected chi connectivity index (χ2v) is 5.65. The summed E-state index contributed by atoms with van der Waals surface area (Å²) in [7, 11) is 1.65. The fourth-order valence-electron chi connectivity index (χ4n) is 2.59. The Balaban J connectivity index is 1.72. The molecule has 1 heterocycles. The van der Waals surface area contributed by atoms with Crippen LogP contribution in [0.4, 0.5) is 0 Å². The molecule has 4 heteroatoms. The molecule has 0 spiro atoms. The number of hydrogen-bond acceptors (Lipinski definition) is 4. The molecule has 0 bridgehead atoms. The zero-order chi connectivity index (χ0) is 16.2. The van der Waals surface area contributed by atoms with E-state index < -0.39 is 0 Å². The van der Waals surface area contributed by atoms with Gasteiger partial charge in [0.25, 0.3) is 0 Å². The molecule has 0 saturated heterocycles. The molecule has 0 amide bonds. The molecular weight excluding hydrogens is 290 g/mol. The maximum Gasteiger partial charge on any atom is 0.134 e. The fourth-order valence-corrected chi connectivity index (χ4v) is 2.59. The van der Waals surface area contributed by atoms with Gasteiger partial charge in [0.05, 0.1) is 19.8 Å². The second-order valence-electron chi connectivity index (χ2n) is 5.65. The Hall–Kier alpha value is -2.30. The van der Waals surface area contributed by atoms with E-state index in [1.165, 1.54) is 5.56 Å². The normalized spacial score (nSPS) is 12.5. The Morgan fingerprint density at radius 3 is 2.61 bits per heavy atom. The number of ether oxygens (including phenoxy) is 1. The van der Waals surface area contributed by atoms with Crippen LogP contribution in [0.2, 0.25) is 0 Å². The summed E-state index contributed by atoms with van der Waals surface area (Å²) in [6, 6.07) is 15.7. The van der Waals surface area contributed by atoms with Crippen LogP contribution in [0.25, 0.3) is 11.0 Å². The van der Waals surface area contributed by atoms with Crippen molar-refractivity contribution in [3.05, 3.63) is 65.4 Å². The highest BCUT2D eigenvalue weighted by Crippen LogP contribution is 2.25. The molecule has 0 fully saturated rings. The monoisotopic (exact) mass is 311 g/mol. The Morgan fingerprint density at radius 1 is 1.13 bits per heavy atom. The molecule has 0 unspecified atom stereocenters. The van der Waals surface area contributed by atoms with Crippen LogP contribution < -0.4 is 10.1 Å². The SMILES string of the molecule is COc1ccc(CN[C@H](CO)c2cc3cc(C)ccc3o2)cc1. The van der Waals surface area contributed by atoms with Crippen LogP contribution in [0.15, 0.2) is 52.9 Å². The van der Waals surface area contributed by atoms with Gasteiger partial charge in [-0.15, -0.1) is 0 Å². The quantitative estimate of drug-likeness (QED) is 0.730. The number of hydrogen-bond donors (Lipinski definition) is 2. The Kier molecular flexibility index (Phi) is 4.65. The van der Waals surface area contributed by atoms with Crippen LogP contribution in [-0.2, 0) is 6.54 Å². The van der Waals surface area contributed by atoms with Gasteiger partial charge in [0, 0.05) is 11.9 Å². The highest BCUT2D eigenvalue weighted by atomic mass is 16.5. The molecule has 0 radical (unpaired) electrons. The third-order valence-corrected chi connectivity index (χ3v) is 3.93. The van der Waals surface area contributed by atoms with Crippen molar-refractivity contribution in [2.45, 2.75) is 19.5 Å². The predicted octanol–water partition coefficient (Wildman–Crippen LogP) is 3.57. The lowest BCUT2D eigenvalue weighted by atomic mass is 10.1. The molecule has 2 N–H and O–H groups in total. The van der Waals surface area contributed by atoms with E-state index in [4.69, 9.17) is 9.15 Å². The molecule has 3 rings (SSSR count). The van der Waals surface area contributed by atoms with Crippen molar-refractivity contribution in [2.75, 3.05) is 13.7 Å². The second kappa shape index (κ2) is 6.86. The molecule has 4 nitrogen and oxygen atoms in total. The Bertz CT molecular complexity index is 777. The van der Waals surface area contributed by atoms with E-state index >= 15 is 0 Å². The number of methoxy groups -OCH3 is 1. The molecule has 2 aromatic carbocycles. The van der Waals surface area contributed by atoms with Gasteiger partial charge in [0.15, 0.2) is 0 Å². The Morgan fingerprint density at radius 2 is 1.91 bits per heavy atom. The average molecular weight is 311 g/mol. The third kappa shape index (κ3) is 3.55. The summed E-state index contributed by atoms with van der Waals surface area (Å²) in [5.41, 5.74) is 3.16. The smallest absolute Gasteiger partial charge is 0.134 e. The predicted molar refractivity (Wildman–Crippen MR) is 90.6 cm³/mol. The van der Waals surface area contributed by atoms with Crippen molar-refractivity contribution >= 4 is 11.0 Å². The van der Waals surface area contributed by atoms with Crippen LogP contribution >= 0.6 is 0 Å². The Labute approximate surface area is 135 Å². The maximum absolute atomic E-state index is 9.68. The summed E-state index contributed by atoms with van der Waals surface area (Å²) in [6.45, 7) is 2.68. The summed E-state index contributed by atoms with van der Waals surface area (Å²) >= 11 is 0. The topological polar surface area (TPSA) is 54.6 Å². The van der Waals surface area contributed by atoms with E-state index in [-0.39, 0.29) is 12.6 Å². The zero-order valence-corrected chi connectivity index (χ0v) is 13.4. The molecule has 0 aliphatic heterocycles. The maximum atomic E-state index is 9.68. The molecule has 0 aliphatic carbocycles. The first kappa shape index (κ1) is 15.6. The third-order valence-electron chi connectivity index (χ3n) is 3.93. The molecule has 0 saturated carbocycles. The standard InChI is InChI=1S/C19H21NO3/c1-13-3-8-18-15(9-13)10-19(23-18)17(12-21)20-11-14-4-6-16(22-2)7-5-14/h3-10,17,20-21H,11-12H2,1-2H3/t17-/m1/s1. The van der Waals surface area contributed by atoms with Gasteiger partial charge in [0.1, 0.15) is 17.1 Å². The molecule has 0 aliphatic rings. The molecule has 120 valence electrons. The van der Waals surface area contributed by atoms with Crippen LogP contribution in [0.3, 0.4) is 0 Å². The minimum absolute atomic E-state index is 0.0189. The van der Waals surface area contributed by atoms with E-state index in [0.29, 0.717) is 6.54 Å². The largest absolute Gasteiger partial charge is 0.497 e. The first-order chi connectivity index (χ1) is 11.2. The van der Waals surface area contributed by atoms with E-state index in [1.54, 1.807) is 7.11 Å². The van der Waals surface area contributed by atoms with Crippen molar-refractivity contribution in [2.24, 2.45) is 0 Å². The lowest BCUT2D eigenvalue weighted by Crippen LogP contribution is -2.23. The highest BCUT2D eigenvalue weighted by Gasteiger charge is 2.15. The first-order valence-corrected chi connectivity index (χ1v) is 7.67. The summed E-state index contributed by atoms with van der Waals surface area (Å²) in [5, 5.41) is 14.1. The van der Waals surface area contributed by atoms with Gasteiger partial charge >= 0.3 is 0 Å². The summed E-state index contributed by atoms with van der Waals surface area (Å²) in [4.78, 5) is 0. The number of aliphatic hydroxyl groups is 1. The van der Waals surface area contributed by atoms with Crippen LogP contribution in [0, 0.1) is 6.92 Å². The van der Waals surface area contributed by atoms with Crippen molar-refractivity contribution in [3.63, 3.8) is 0 Å². The molecule has 1 atom stereocenters. The number of benzene rings is 2. The van der Waals surface area contributed by atoms with Gasteiger partial charge < -0.3 is 19.6 Å². The molecular formula is C19H21NO3. The number of aliphatic hydroxyl groups excluding tert-OH is 1. The number of fused-ring (bicyclic) bond motifs is 1. The molecule has 23 heavy (non-hydrogen) atoms. The van der Waals surface area contributed by atoms with Gasteiger partial charge in [-0.05, 0) is 42.8 Å². The number of rotatable bonds is 6. The minimum atomic E-state index is -0.232. The molecule has 3 aromatic rings. The van der Waals surface area contributed by atoms with Crippen molar-refractivity contribution in [1.82, 2.24) is 5.32 Å². The number of aryl methyl sites for hydroxylation is 1. The van der Waals surface area contributed by atoms with E-state index in [2.05, 4.69) is 18.3 Å². The van der Waals surface area contributed by atoms with Crippen molar-refractivity contribution < 1.29 is 14.3 Å². The van der Waals surface area contributed by atoms with E-state index in [1.807, 2.05) is 42.5 Å². The van der Waals surface area contributed by atoms with Crippen molar-refractivity contribution in [1.29, 1.82) is 0 Å². The number of nitrogens with one attached hydrogen (secondary N) is 1. The molecule has 1 aromatic heterocycles. The fraction of sp³-hybridized carbons (Fsp3) is 0.263. The lowest BCUT2D eigenvalue weighted by molar-refractivity contribution is 0.227. The number of furan rings is 1. The average Bonchev–Trinajstić information content (AvgIpc) is 2.99. The van der Waals surface area contributed by atoms with E-state index in [9.17, 15) is 5.11 Å². The van der Waals surface area contributed by atoms with Gasteiger partial charge in [-0.3, -0.25) is 0 Å². The van der Waals surface area contributed by atoms with Gasteiger partial charge in [-0.1, -0.05) is 23.8 Å². The van der Waals surface area contributed by atoms with Gasteiger partial charge in [0.2, 0.25) is 0 Å². The minimum Gasteiger partial charge on any atom is -0.497 e. The summed E-state index contributed by atoms with van der Waals surface area (Å²) in [6.07, 6.45) is 0. The van der Waals surface area contributed by atoms with Crippen LogP contribution in [-0.4, -0.2) is 18.8 Å². The summed E-state index contributed by atoms with van der Waals surface area (Å²) < 4.78 is 11.0. The van der Waals surface area contributed by atoms with Gasteiger partial charge in [-0.2, -0.15) is 0 Å². The highest BCUT2D eigenvalue weighted by molar-refractivity contribution is 5.78. The van der Waals surface area contributed by atoms with Gasteiger partial charge in [-0.25, -0.2) is 0 Å². The summed E-state index contributed by atoms with van der Waals surface area (Å²) in [5.74, 6) is 1.58. The van der Waals surface area contributed by atoms with Crippen LogP contribution in [0.1, 0.15) is 22.9 Å². The zero-order valence-electron chi connectivity index (χ0n) is 13.4. The van der Waals surface area contributed by atoms with E-state index in [0.717, 1.165) is 28.0 Å². The lowest BCUT2D eigenvalue weighted by Gasteiger charge is -2.14.